The maximum atomic E-state index is 6.09. The van der Waals surface area contributed by atoms with E-state index in [4.69, 9.17) is 4.74 Å². The lowest BCUT2D eigenvalue weighted by Gasteiger charge is -2.13. The molecule has 0 bridgehead atoms. The molecule has 0 aromatic heterocycles. The van der Waals surface area contributed by atoms with Crippen molar-refractivity contribution in [3.05, 3.63) is 65.2 Å². The summed E-state index contributed by atoms with van der Waals surface area (Å²) in [6, 6.07) is 17.7. The van der Waals surface area contributed by atoms with Gasteiger partial charge in [0.15, 0.2) is 0 Å². The number of ether oxygens (including phenoxy) is 1. The zero-order chi connectivity index (χ0) is 17.9. The highest BCUT2D eigenvalue weighted by molar-refractivity contribution is 5.33. The fourth-order valence-corrected chi connectivity index (χ4v) is 4.01. The van der Waals surface area contributed by atoms with Gasteiger partial charge in [-0.1, -0.05) is 74.6 Å². The molecule has 1 nitrogen and oxygen atoms in total. The van der Waals surface area contributed by atoms with Gasteiger partial charge in [-0.2, -0.15) is 0 Å². The minimum atomic E-state index is 0.855. The zero-order valence-electron chi connectivity index (χ0n) is 16.2. The molecule has 3 rings (SSSR count). The fourth-order valence-electron chi connectivity index (χ4n) is 4.01. The Balaban J connectivity index is 1.56. The number of hydrogen-bond acceptors (Lipinski definition) is 1. The van der Waals surface area contributed by atoms with Crippen LogP contribution in [0, 0.1) is 0 Å². The van der Waals surface area contributed by atoms with Crippen molar-refractivity contribution in [3.8, 4) is 5.75 Å². The first-order chi connectivity index (χ1) is 12.9. The summed E-state index contributed by atoms with van der Waals surface area (Å²) in [5.41, 5.74) is 4.56. The number of para-hydroxylation sites is 1. The lowest BCUT2D eigenvalue weighted by atomic mass is 9.96. The van der Waals surface area contributed by atoms with Crippen LogP contribution in [0.5, 0.6) is 5.75 Å². The topological polar surface area (TPSA) is 9.23 Å². The molecule has 0 amide bonds. The van der Waals surface area contributed by atoms with Crippen LogP contribution < -0.4 is 4.74 Å². The van der Waals surface area contributed by atoms with Gasteiger partial charge in [0.25, 0.3) is 0 Å². The molecular formula is C25H34O. The highest BCUT2D eigenvalue weighted by atomic mass is 16.5. The van der Waals surface area contributed by atoms with Gasteiger partial charge in [0.2, 0.25) is 0 Å². The summed E-state index contributed by atoms with van der Waals surface area (Å²) in [5.74, 6) is 1.11. The average molecular weight is 351 g/mol. The summed E-state index contributed by atoms with van der Waals surface area (Å²) in [6.07, 6.45) is 15.3. The second-order valence-electron chi connectivity index (χ2n) is 7.66. The first-order valence-corrected chi connectivity index (χ1v) is 10.7. The molecule has 0 atom stereocenters. The van der Waals surface area contributed by atoms with Crippen molar-refractivity contribution in [1.29, 1.82) is 0 Å². The SMILES string of the molecule is c1ccc2c(c1)CCCCCCCc1ccccc1OCCCCCC2. The van der Waals surface area contributed by atoms with Crippen LogP contribution in [0.15, 0.2) is 48.5 Å². The standard InChI is InChI=1S/C25H34O/c1-2-6-14-22-16-9-10-17-23(22)15-7-4-5-13-21-26-25-20-12-11-19-24(25)18-8-3-1/h9-12,16-17,19-20H,1-8,13-15,18,21H2. The van der Waals surface area contributed by atoms with E-state index in [0.717, 1.165) is 25.2 Å². The molecule has 0 saturated heterocycles. The van der Waals surface area contributed by atoms with Crippen LogP contribution in [0.2, 0.25) is 0 Å². The summed E-state index contributed by atoms with van der Waals surface area (Å²) in [5, 5.41) is 0. The number of rotatable bonds is 0. The van der Waals surface area contributed by atoms with E-state index in [1.54, 1.807) is 11.1 Å². The number of benzene rings is 2. The monoisotopic (exact) mass is 350 g/mol. The number of hydrogen-bond donors (Lipinski definition) is 0. The molecule has 0 saturated carbocycles. The van der Waals surface area contributed by atoms with Crippen molar-refractivity contribution in [2.75, 3.05) is 6.61 Å². The minimum absolute atomic E-state index is 0.855. The third-order valence-corrected chi connectivity index (χ3v) is 5.58. The molecule has 0 fully saturated rings. The van der Waals surface area contributed by atoms with Gasteiger partial charge < -0.3 is 4.74 Å². The van der Waals surface area contributed by atoms with Crippen LogP contribution >= 0.6 is 0 Å². The molecule has 26 heavy (non-hydrogen) atoms. The largest absolute Gasteiger partial charge is 0.493 e. The predicted molar refractivity (Wildman–Crippen MR) is 111 cm³/mol. The molecule has 140 valence electrons. The van der Waals surface area contributed by atoms with Crippen LogP contribution in [-0.2, 0) is 19.3 Å². The van der Waals surface area contributed by atoms with Gasteiger partial charge in [0.05, 0.1) is 6.61 Å². The third kappa shape index (κ3) is 6.20. The van der Waals surface area contributed by atoms with Crippen molar-refractivity contribution in [2.45, 2.75) is 77.0 Å². The Kier molecular flexibility index (Phi) is 8.09. The van der Waals surface area contributed by atoms with Gasteiger partial charge >= 0.3 is 0 Å². The molecular weight excluding hydrogens is 316 g/mol. The summed E-state index contributed by atoms with van der Waals surface area (Å²) in [4.78, 5) is 0. The lowest BCUT2D eigenvalue weighted by molar-refractivity contribution is 0.301. The van der Waals surface area contributed by atoms with E-state index in [1.807, 2.05) is 0 Å². The predicted octanol–water partition coefficient (Wildman–Crippen LogP) is 6.92. The Morgan fingerprint density at radius 2 is 0.923 bits per heavy atom. The Morgan fingerprint density at radius 1 is 0.462 bits per heavy atom. The molecule has 0 N–H and O–H groups in total. The second-order valence-corrected chi connectivity index (χ2v) is 7.66. The molecule has 0 spiro atoms. The number of fused-ring (bicyclic) bond motifs is 2. The molecule has 0 aliphatic carbocycles. The Morgan fingerprint density at radius 3 is 1.58 bits per heavy atom. The smallest absolute Gasteiger partial charge is 0.122 e. The fraction of sp³-hybridized carbons (Fsp3) is 0.520. The van der Waals surface area contributed by atoms with Crippen molar-refractivity contribution in [2.24, 2.45) is 0 Å². The van der Waals surface area contributed by atoms with Crippen LogP contribution in [-0.4, -0.2) is 6.61 Å². The number of aryl methyl sites for hydroxylation is 3. The zero-order valence-corrected chi connectivity index (χ0v) is 16.2. The highest BCUT2D eigenvalue weighted by Crippen LogP contribution is 2.22. The van der Waals surface area contributed by atoms with Crippen LogP contribution in [0.1, 0.15) is 74.5 Å². The van der Waals surface area contributed by atoms with E-state index >= 15 is 0 Å². The summed E-state index contributed by atoms with van der Waals surface area (Å²) in [7, 11) is 0. The summed E-state index contributed by atoms with van der Waals surface area (Å²) >= 11 is 0. The molecule has 1 aliphatic rings. The van der Waals surface area contributed by atoms with Gasteiger partial charge in [0, 0.05) is 0 Å². The van der Waals surface area contributed by atoms with Gasteiger partial charge in [-0.25, -0.2) is 0 Å². The maximum absolute atomic E-state index is 6.09. The maximum Gasteiger partial charge on any atom is 0.122 e. The van der Waals surface area contributed by atoms with Gasteiger partial charge in [-0.3, -0.25) is 0 Å². The van der Waals surface area contributed by atoms with E-state index in [2.05, 4.69) is 48.5 Å². The van der Waals surface area contributed by atoms with Gasteiger partial charge in [-0.05, 0) is 67.7 Å². The van der Waals surface area contributed by atoms with Crippen LogP contribution in [0.4, 0.5) is 0 Å². The second kappa shape index (κ2) is 11.1. The normalized spacial score (nSPS) is 17.8. The average Bonchev–Trinajstić information content (AvgIpc) is 2.68. The van der Waals surface area contributed by atoms with Crippen molar-refractivity contribution in [1.82, 2.24) is 0 Å². The molecule has 1 heterocycles. The van der Waals surface area contributed by atoms with E-state index in [9.17, 15) is 0 Å². The molecule has 1 heteroatoms. The minimum Gasteiger partial charge on any atom is -0.493 e. The van der Waals surface area contributed by atoms with Gasteiger partial charge in [0.1, 0.15) is 5.75 Å². The quantitative estimate of drug-likeness (QED) is 0.501. The molecule has 1 aliphatic heterocycles. The first kappa shape index (κ1) is 19.0. The van der Waals surface area contributed by atoms with Gasteiger partial charge in [-0.15, -0.1) is 0 Å². The Hall–Kier alpha value is -1.76. The van der Waals surface area contributed by atoms with E-state index < -0.39 is 0 Å². The molecule has 2 aromatic carbocycles. The van der Waals surface area contributed by atoms with Crippen molar-refractivity contribution < 1.29 is 4.74 Å². The van der Waals surface area contributed by atoms with Crippen LogP contribution in [0.25, 0.3) is 0 Å². The van der Waals surface area contributed by atoms with E-state index in [-0.39, 0.29) is 0 Å². The molecule has 2 aromatic rings. The summed E-state index contributed by atoms with van der Waals surface area (Å²) in [6.45, 7) is 0.855. The molecule has 0 unspecified atom stereocenters. The Bertz CT molecular complexity index is 535. The Labute approximate surface area is 159 Å². The van der Waals surface area contributed by atoms with E-state index in [1.165, 1.54) is 69.8 Å². The first-order valence-electron chi connectivity index (χ1n) is 10.7. The molecule has 0 radical (unpaired) electrons. The highest BCUT2D eigenvalue weighted by Gasteiger charge is 2.05. The van der Waals surface area contributed by atoms with Crippen LogP contribution in [0.3, 0.4) is 0 Å². The third-order valence-electron chi connectivity index (χ3n) is 5.58. The van der Waals surface area contributed by atoms with E-state index in [0.29, 0.717) is 0 Å². The lowest BCUT2D eigenvalue weighted by Crippen LogP contribution is -2.01. The summed E-state index contributed by atoms with van der Waals surface area (Å²) < 4.78 is 6.09. The van der Waals surface area contributed by atoms with Crippen molar-refractivity contribution >= 4 is 0 Å². The van der Waals surface area contributed by atoms with Crippen molar-refractivity contribution in [3.63, 3.8) is 0 Å².